The fourth-order valence-corrected chi connectivity index (χ4v) is 2.48. The first kappa shape index (κ1) is 15.2. The molecule has 0 aliphatic carbocycles. The van der Waals surface area contributed by atoms with Crippen molar-refractivity contribution in [2.45, 2.75) is 12.8 Å². The van der Waals surface area contributed by atoms with Gasteiger partial charge in [-0.15, -0.1) is 0 Å². The van der Waals surface area contributed by atoms with Gasteiger partial charge in [0.15, 0.2) is 0 Å². The molecule has 7 heteroatoms. The molecule has 0 unspecified atom stereocenters. The highest BCUT2D eigenvalue weighted by molar-refractivity contribution is 5.95. The summed E-state index contributed by atoms with van der Waals surface area (Å²) in [6, 6.07) is 4.35. The van der Waals surface area contributed by atoms with Crippen LogP contribution in [0.3, 0.4) is 0 Å². The van der Waals surface area contributed by atoms with Gasteiger partial charge in [0.1, 0.15) is 5.69 Å². The van der Waals surface area contributed by atoms with Gasteiger partial charge in [-0.2, -0.15) is 0 Å². The Bertz CT molecular complexity index is 527. The summed E-state index contributed by atoms with van der Waals surface area (Å²) in [5.41, 5.74) is 0.788. The van der Waals surface area contributed by atoms with Crippen molar-refractivity contribution in [2.24, 2.45) is 0 Å². The van der Waals surface area contributed by atoms with E-state index in [1.807, 2.05) is 0 Å². The van der Waals surface area contributed by atoms with Crippen molar-refractivity contribution in [3.05, 3.63) is 33.9 Å². The average Bonchev–Trinajstić information content (AvgIpc) is 2.99. The van der Waals surface area contributed by atoms with E-state index in [1.165, 1.54) is 38.1 Å². The highest BCUT2D eigenvalue weighted by Crippen LogP contribution is 2.25. The second-order valence-electron chi connectivity index (χ2n) is 5.04. The number of nitrogens with zero attached hydrogens (tertiary/aromatic N) is 2. The molecule has 1 amide bonds. The van der Waals surface area contributed by atoms with Crippen molar-refractivity contribution in [2.75, 3.05) is 38.5 Å². The predicted octanol–water partition coefficient (Wildman–Crippen LogP) is 1.46. The fourth-order valence-electron chi connectivity index (χ4n) is 2.48. The first-order chi connectivity index (χ1) is 10.1. The molecule has 1 heterocycles. The number of carbonyl (C=O) groups is 1. The van der Waals surface area contributed by atoms with Crippen LogP contribution in [0.4, 0.5) is 11.4 Å². The maximum Gasteiger partial charge on any atom is 0.292 e. The third-order valence-corrected chi connectivity index (χ3v) is 3.62. The molecule has 114 valence electrons. The second kappa shape index (κ2) is 7.03. The highest BCUT2D eigenvalue weighted by atomic mass is 16.6. The quantitative estimate of drug-likeness (QED) is 0.612. The Hall–Kier alpha value is -2.15. The molecule has 1 fully saturated rings. The minimum Gasteiger partial charge on any atom is -0.378 e. The molecule has 0 aromatic heterocycles. The van der Waals surface area contributed by atoms with E-state index in [9.17, 15) is 14.9 Å². The molecule has 1 aromatic rings. The molecule has 2 rings (SSSR count). The van der Waals surface area contributed by atoms with Gasteiger partial charge in [0, 0.05) is 31.8 Å². The van der Waals surface area contributed by atoms with Crippen molar-refractivity contribution < 1.29 is 9.72 Å². The Balaban J connectivity index is 2.06. The summed E-state index contributed by atoms with van der Waals surface area (Å²) >= 11 is 0. The van der Waals surface area contributed by atoms with E-state index in [1.54, 1.807) is 0 Å². The van der Waals surface area contributed by atoms with Crippen LogP contribution < -0.4 is 10.6 Å². The van der Waals surface area contributed by atoms with Gasteiger partial charge in [-0.3, -0.25) is 14.9 Å². The van der Waals surface area contributed by atoms with Gasteiger partial charge in [0.25, 0.3) is 11.6 Å². The predicted molar refractivity (Wildman–Crippen MR) is 80.7 cm³/mol. The molecule has 0 radical (unpaired) electrons. The Morgan fingerprint density at radius 3 is 2.71 bits per heavy atom. The lowest BCUT2D eigenvalue weighted by Crippen LogP contribution is -2.26. The van der Waals surface area contributed by atoms with E-state index >= 15 is 0 Å². The lowest BCUT2D eigenvalue weighted by atomic mass is 10.1. The molecule has 21 heavy (non-hydrogen) atoms. The molecule has 1 aliphatic rings. The molecular weight excluding hydrogens is 272 g/mol. The van der Waals surface area contributed by atoms with Crippen LogP contribution >= 0.6 is 0 Å². The fraction of sp³-hybridized carbons (Fsp3) is 0.500. The topological polar surface area (TPSA) is 87.5 Å². The third kappa shape index (κ3) is 3.91. The number of hydrogen-bond donors (Lipinski definition) is 2. The molecule has 0 saturated carbocycles. The van der Waals surface area contributed by atoms with Gasteiger partial charge in [-0.25, -0.2) is 0 Å². The van der Waals surface area contributed by atoms with Crippen LogP contribution in [0.1, 0.15) is 23.2 Å². The summed E-state index contributed by atoms with van der Waals surface area (Å²) in [6.07, 6.45) is 2.43. The number of rotatable bonds is 6. The Kier molecular flexibility index (Phi) is 5.10. The summed E-state index contributed by atoms with van der Waals surface area (Å²) in [5.74, 6) is -0.257. The summed E-state index contributed by atoms with van der Waals surface area (Å²) in [4.78, 5) is 24.5. The number of hydrogen-bond acceptors (Lipinski definition) is 5. The number of nitrogens with one attached hydrogen (secondary N) is 2. The van der Waals surface area contributed by atoms with Crippen LogP contribution in [0.2, 0.25) is 0 Å². The van der Waals surface area contributed by atoms with Gasteiger partial charge in [-0.1, -0.05) is 0 Å². The maximum atomic E-state index is 11.6. The Labute approximate surface area is 123 Å². The average molecular weight is 292 g/mol. The number of carbonyl (C=O) groups excluding carboxylic acids is 1. The molecule has 1 saturated heterocycles. The molecular formula is C14H20N4O3. The van der Waals surface area contributed by atoms with Crippen molar-refractivity contribution >= 4 is 17.3 Å². The second-order valence-corrected chi connectivity index (χ2v) is 5.04. The maximum absolute atomic E-state index is 11.6. The smallest absolute Gasteiger partial charge is 0.292 e. The zero-order chi connectivity index (χ0) is 15.2. The van der Waals surface area contributed by atoms with E-state index in [0.717, 1.165) is 19.6 Å². The number of benzene rings is 1. The van der Waals surface area contributed by atoms with Crippen LogP contribution in [0.5, 0.6) is 0 Å². The largest absolute Gasteiger partial charge is 0.378 e. The summed E-state index contributed by atoms with van der Waals surface area (Å²) in [5, 5.41) is 16.6. The monoisotopic (exact) mass is 292 g/mol. The number of nitro benzene ring substituents is 1. The van der Waals surface area contributed by atoms with Crippen LogP contribution in [0.15, 0.2) is 18.2 Å². The van der Waals surface area contributed by atoms with E-state index in [-0.39, 0.29) is 11.6 Å². The highest BCUT2D eigenvalue weighted by Gasteiger charge is 2.17. The lowest BCUT2D eigenvalue weighted by molar-refractivity contribution is -0.384. The molecule has 0 bridgehead atoms. The van der Waals surface area contributed by atoms with Gasteiger partial charge in [-0.05, 0) is 38.1 Å². The minimum absolute atomic E-state index is 0.0101. The summed E-state index contributed by atoms with van der Waals surface area (Å²) < 4.78 is 0. The van der Waals surface area contributed by atoms with Crippen molar-refractivity contribution in [3.63, 3.8) is 0 Å². The summed E-state index contributed by atoms with van der Waals surface area (Å²) in [6.45, 7) is 3.64. The number of amides is 1. The first-order valence-corrected chi connectivity index (χ1v) is 7.08. The van der Waals surface area contributed by atoms with E-state index < -0.39 is 4.92 Å². The Morgan fingerprint density at radius 2 is 2.10 bits per heavy atom. The van der Waals surface area contributed by atoms with Crippen LogP contribution in [0, 0.1) is 10.1 Å². The van der Waals surface area contributed by atoms with Gasteiger partial charge < -0.3 is 15.5 Å². The molecule has 0 atom stereocenters. The molecule has 1 aromatic carbocycles. The number of nitro groups is 1. The van der Waals surface area contributed by atoms with E-state index in [0.29, 0.717) is 17.8 Å². The molecule has 0 spiro atoms. The van der Waals surface area contributed by atoms with E-state index in [4.69, 9.17) is 0 Å². The summed E-state index contributed by atoms with van der Waals surface area (Å²) in [7, 11) is 1.53. The molecule has 2 N–H and O–H groups in total. The van der Waals surface area contributed by atoms with Gasteiger partial charge >= 0.3 is 0 Å². The van der Waals surface area contributed by atoms with Gasteiger partial charge in [0.05, 0.1) is 4.92 Å². The number of likely N-dealkylation sites (tertiary alicyclic amines) is 1. The van der Waals surface area contributed by atoms with Crippen molar-refractivity contribution in [1.29, 1.82) is 0 Å². The Morgan fingerprint density at radius 1 is 1.38 bits per heavy atom. The molecule has 7 nitrogen and oxygen atoms in total. The van der Waals surface area contributed by atoms with E-state index in [2.05, 4.69) is 15.5 Å². The molecule has 1 aliphatic heterocycles. The standard InChI is InChI=1S/C14H20N4O3/c1-15-14(19)11-4-5-13(18(20)21)12(10-11)16-6-9-17-7-2-3-8-17/h4-5,10,16H,2-3,6-9H2,1H3,(H,15,19). The zero-order valence-corrected chi connectivity index (χ0v) is 12.1. The van der Waals surface area contributed by atoms with Crippen LogP contribution in [-0.4, -0.2) is 49.0 Å². The zero-order valence-electron chi connectivity index (χ0n) is 12.1. The van der Waals surface area contributed by atoms with Crippen molar-refractivity contribution in [3.8, 4) is 0 Å². The van der Waals surface area contributed by atoms with Crippen LogP contribution in [0.25, 0.3) is 0 Å². The third-order valence-electron chi connectivity index (χ3n) is 3.62. The lowest BCUT2D eigenvalue weighted by Gasteiger charge is -2.15. The minimum atomic E-state index is -0.439. The first-order valence-electron chi connectivity index (χ1n) is 7.08. The SMILES string of the molecule is CNC(=O)c1ccc([N+](=O)[O-])c(NCCN2CCCC2)c1. The number of anilines is 1. The van der Waals surface area contributed by atoms with Crippen molar-refractivity contribution in [1.82, 2.24) is 10.2 Å². The van der Waals surface area contributed by atoms with Gasteiger partial charge in [0.2, 0.25) is 0 Å². The normalized spacial score (nSPS) is 14.9. The van der Waals surface area contributed by atoms with Crippen LogP contribution in [-0.2, 0) is 0 Å².